The van der Waals surface area contributed by atoms with Crippen LogP contribution in [0.25, 0.3) is 0 Å². The molecule has 1 aromatic carbocycles. The normalized spacial score (nSPS) is 20.6. The Morgan fingerprint density at radius 1 is 1.50 bits per heavy atom. The number of nitrogens with one attached hydrogen (secondary N) is 1. The van der Waals surface area contributed by atoms with E-state index in [1.165, 1.54) is 12.0 Å². The maximum atomic E-state index is 13.6. The molecule has 1 unspecified atom stereocenters. The Kier molecular flexibility index (Phi) is 2.82. The van der Waals surface area contributed by atoms with E-state index in [1.807, 2.05) is 13.1 Å². The van der Waals surface area contributed by atoms with Crippen LogP contribution in [0, 0.1) is 5.82 Å². The summed E-state index contributed by atoms with van der Waals surface area (Å²) < 4.78 is 13.6. The molecule has 76 valence electrons. The number of fused-ring (bicyclic) bond motifs is 1. The molecular formula is C12H16FN. The highest BCUT2D eigenvalue weighted by atomic mass is 19.1. The Morgan fingerprint density at radius 2 is 2.36 bits per heavy atom. The molecule has 0 aliphatic heterocycles. The van der Waals surface area contributed by atoms with Gasteiger partial charge in [-0.3, -0.25) is 0 Å². The van der Waals surface area contributed by atoms with Gasteiger partial charge in [0.1, 0.15) is 5.82 Å². The van der Waals surface area contributed by atoms with Gasteiger partial charge in [-0.05, 0) is 49.4 Å². The van der Waals surface area contributed by atoms with Crippen LogP contribution in [0.15, 0.2) is 18.2 Å². The molecule has 1 nitrogen and oxygen atoms in total. The Hall–Kier alpha value is -0.890. The van der Waals surface area contributed by atoms with Crippen LogP contribution in [0.5, 0.6) is 0 Å². The SMILES string of the molecule is CNCC1CCCc2cccc(F)c21. The fraction of sp³-hybridized carbons (Fsp3) is 0.500. The summed E-state index contributed by atoms with van der Waals surface area (Å²) in [5, 5.41) is 3.14. The van der Waals surface area contributed by atoms with Gasteiger partial charge in [-0.2, -0.15) is 0 Å². The molecule has 1 atom stereocenters. The zero-order valence-electron chi connectivity index (χ0n) is 8.52. The second-order valence-corrected chi connectivity index (χ2v) is 3.96. The molecule has 0 fully saturated rings. The van der Waals surface area contributed by atoms with Gasteiger partial charge in [0.15, 0.2) is 0 Å². The molecule has 0 saturated heterocycles. The van der Waals surface area contributed by atoms with E-state index >= 15 is 0 Å². The summed E-state index contributed by atoms with van der Waals surface area (Å²) in [7, 11) is 1.93. The average molecular weight is 193 g/mol. The van der Waals surface area contributed by atoms with Crippen molar-refractivity contribution < 1.29 is 4.39 Å². The first kappa shape index (κ1) is 9.66. The third-order valence-corrected chi connectivity index (χ3v) is 3.00. The molecule has 0 heterocycles. The molecule has 0 saturated carbocycles. The predicted molar refractivity (Wildman–Crippen MR) is 56.0 cm³/mol. The number of likely N-dealkylation sites (N-methyl/N-ethyl adjacent to an activating group) is 1. The van der Waals surface area contributed by atoms with Gasteiger partial charge >= 0.3 is 0 Å². The zero-order valence-corrected chi connectivity index (χ0v) is 8.52. The summed E-state index contributed by atoms with van der Waals surface area (Å²) in [6.07, 6.45) is 3.32. The largest absolute Gasteiger partial charge is 0.319 e. The number of benzene rings is 1. The second-order valence-electron chi connectivity index (χ2n) is 3.96. The molecule has 1 aromatic rings. The van der Waals surface area contributed by atoms with Crippen LogP contribution in [0.4, 0.5) is 4.39 Å². The van der Waals surface area contributed by atoms with Crippen LogP contribution in [0.2, 0.25) is 0 Å². The number of hydrogen-bond donors (Lipinski definition) is 1. The summed E-state index contributed by atoms with van der Waals surface area (Å²) in [5.41, 5.74) is 2.16. The number of aryl methyl sites for hydroxylation is 1. The van der Waals surface area contributed by atoms with Gasteiger partial charge < -0.3 is 5.32 Å². The highest BCUT2D eigenvalue weighted by Crippen LogP contribution is 2.32. The fourth-order valence-corrected chi connectivity index (χ4v) is 2.39. The standard InChI is InChI=1S/C12H16FN/c1-14-8-10-6-2-4-9-5-3-7-11(13)12(9)10/h3,5,7,10,14H,2,4,6,8H2,1H3. The van der Waals surface area contributed by atoms with E-state index in [9.17, 15) is 4.39 Å². The molecule has 2 heteroatoms. The Bertz CT molecular complexity index is 322. The summed E-state index contributed by atoms with van der Waals surface area (Å²) in [5.74, 6) is 0.340. The quantitative estimate of drug-likeness (QED) is 0.760. The average Bonchev–Trinajstić information content (AvgIpc) is 2.19. The highest BCUT2D eigenvalue weighted by Gasteiger charge is 2.22. The van der Waals surface area contributed by atoms with E-state index in [0.717, 1.165) is 24.9 Å². The van der Waals surface area contributed by atoms with Crippen LogP contribution in [0.1, 0.15) is 29.9 Å². The lowest BCUT2D eigenvalue weighted by Gasteiger charge is -2.25. The lowest BCUT2D eigenvalue weighted by molar-refractivity contribution is 0.492. The maximum absolute atomic E-state index is 13.6. The molecule has 1 aliphatic rings. The molecule has 0 radical (unpaired) electrons. The summed E-state index contributed by atoms with van der Waals surface area (Å²) in [4.78, 5) is 0. The van der Waals surface area contributed by atoms with Gasteiger partial charge in [0.05, 0.1) is 0 Å². The van der Waals surface area contributed by atoms with Crippen LogP contribution in [-0.2, 0) is 6.42 Å². The molecule has 0 spiro atoms. The van der Waals surface area contributed by atoms with Gasteiger partial charge in [0.25, 0.3) is 0 Å². The van der Waals surface area contributed by atoms with E-state index in [-0.39, 0.29) is 5.82 Å². The summed E-state index contributed by atoms with van der Waals surface area (Å²) in [6.45, 7) is 0.883. The topological polar surface area (TPSA) is 12.0 Å². The minimum Gasteiger partial charge on any atom is -0.319 e. The predicted octanol–water partition coefficient (Wildman–Crippen LogP) is 2.47. The fourth-order valence-electron chi connectivity index (χ4n) is 2.39. The number of hydrogen-bond acceptors (Lipinski definition) is 1. The lowest BCUT2D eigenvalue weighted by atomic mass is 9.82. The van der Waals surface area contributed by atoms with Crippen molar-refractivity contribution in [2.75, 3.05) is 13.6 Å². The molecule has 2 rings (SSSR count). The molecule has 0 amide bonds. The van der Waals surface area contributed by atoms with Crippen molar-refractivity contribution in [3.05, 3.63) is 35.1 Å². The highest BCUT2D eigenvalue weighted by molar-refractivity contribution is 5.34. The molecular weight excluding hydrogens is 177 g/mol. The minimum absolute atomic E-state index is 0.0255. The lowest BCUT2D eigenvalue weighted by Crippen LogP contribution is -2.22. The van der Waals surface area contributed by atoms with Crippen molar-refractivity contribution in [2.24, 2.45) is 0 Å². The van der Waals surface area contributed by atoms with E-state index < -0.39 is 0 Å². The molecule has 0 aromatic heterocycles. The smallest absolute Gasteiger partial charge is 0.127 e. The zero-order chi connectivity index (χ0) is 9.97. The third kappa shape index (κ3) is 1.67. The van der Waals surface area contributed by atoms with Gasteiger partial charge in [-0.25, -0.2) is 4.39 Å². The first-order chi connectivity index (χ1) is 6.83. The van der Waals surface area contributed by atoms with Crippen molar-refractivity contribution >= 4 is 0 Å². The van der Waals surface area contributed by atoms with Gasteiger partial charge in [0, 0.05) is 6.54 Å². The van der Waals surface area contributed by atoms with E-state index in [0.29, 0.717) is 5.92 Å². The van der Waals surface area contributed by atoms with Gasteiger partial charge in [-0.15, -0.1) is 0 Å². The summed E-state index contributed by atoms with van der Waals surface area (Å²) >= 11 is 0. The van der Waals surface area contributed by atoms with Crippen LogP contribution in [0.3, 0.4) is 0 Å². The van der Waals surface area contributed by atoms with Crippen molar-refractivity contribution in [1.29, 1.82) is 0 Å². The molecule has 1 aliphatic carbocycles. The Morgan fingerprint density at radius 3 is 3.14 bits per heavy atom. The monoisotopic (exact) mass is 193 g/mol. The molecule has 14 heavy (non-hydrogen) atoms. The first-order valence-electron chi connectivity index (χ1n) is 5.25. The molecule has 0 bridgehead atoms. The van der Waals surface area contributed by atoms with E-state index in [4.69, 9.17) is 0 Å². The van der Waals surface area contributed by atoms with Crippen molar-refractivity contribution in [3.8, 4) is 0 Å². The van der Waals surface area contributed by atoms with Crippen LogP contribution in [-0.4, -0.2) is 13.6 Å². The number of rotatable bonds is 2. The van der Waals surface area contributed by atoms with Crippen LogP contribution < -0.4 is 5.32 Å². The van der Waals surface area contributed by atoms with E-state index in [2.05, 4.69) is 11.4 Å². The Balaban J connectivity index is 2.36. The first-order valence-corrected chi connectivity index (χ1v) is 5.25. The van der Waals surface area contributed by atoms with Crippen molar-refractivity contribution in [2.45, 2.75) is 25.2 Å². The van der Waals surface area contributed by atoms with Crippen LogP contribution >= 0.6 is 0 Å². The molecule has 1 N–H and O–H groups in total. The third-order valence-electron chi connectivity index (χ3n) is 3.00. The van der Waals surface area contributed by atoms with Crippen molar-refractivity contribution in [3.63, 3.8) is 0 Å². The Labute approximate surface area is 84.3 Å². The summed E-state index contributed by atoms with van der Waals surface area (Å²) in [6, 6.07) is 5.45. The van der Waals surface area contributed by atoms with Gasteiger partial charge in [-0.1, -0.05) is 12.1 Å². The maximum Gasteiger partial charge on any atom is 0.127 e. The van der Waals surface area contributed by atoms with E-state index in [1.54, 1.807) is 6.07 Å². The minimum atomic E-state index is -0.0255. The second kappa shape index (κ2) is 4.09. The van der Waals surface area contributed by atoms with Crippen molar-refractivity contribution in [1.82, 2.24) is 5.32 Å². The van der Waals surface area contributed by atoms with Gasteiger partial charge in [0.2, 0.25) is 0 Å². The number of halogens is 1.